The van der Waals surface area contributed by atoms with Gasteiger partial charge in [0.05, 0.1) is 19.3 Å². The van der Waals surface area contributed by atoms with Gasteiger partial charge in [-0.25, -0.2) is 0 Å². The van der Waals surface area contributed by atoms with Crippen LogP contribution in [0.4, 0.5) is 0 Å². The third-order valence-corrected chi connectivity index (χ3v) is 3.28. The first-order valence-corrected chi connectivity index (χ1v) is 7.00. The smallest absolute Gasteiger partial charge is 0.118 e. The van der Waals surface area contributed by atoms with Gasteiger partial charge in [-0.1, -0.05) is 38.8 Å². The average Bonchev–Trinajstić information content (AvgIpc) is 2.43. The summed E-state index contributed by atoms with van der Waals surface area (Å²) in [5.41, 5.74) is 1.25. The number of hydrogen-bond donors (Lipinski definition) is 0. The summed E-state index contributed by atoms with van der Waals surface area (Å²) in [6.45, 7) is 6.52. The summed E-state index contributed by atoms with van der Waals surface area (Å²) >= 11 is 0. The van der Waals surface area contributed by atoms with Crippen molar-refractivity contribution >= 4 is 0 Å². The van der Waals surface area contributed by atoms with Gasteiger partial charge in [-0.2, -0.15) is 0 Å². The number of rotatable bonds is 8. The molecule has 0 aliphatic carbocycles. The molecule has 0 bridgehead atoms. The Hall–Kier alpha value is -1.02. The Morgan fingerprint density at radius 1 is 1.11 bits per heavy atom. The fraction of sp³-hybridized carbons (Fsp3) is 0.625. The summed E-state index contributed by atoms with van der Waals surface area (Å²) < 4.78 is 11.3. The third-order valence-electron chi connectivity index (χ3n) is 3.28. The fourth-order valence-electron chi connectivity index (χ4n) is 1.90. The van der Waals surface area contributed by atoms with Gasteiger partial charge in [0.2, 0.25) is 0 Å². The van der Waals surface area contributed by atoms with Crippen molar-refractivity contribution in [3.8, 4) is 5.75 Å². The van der Waals surface area contributed by atoms with Crippen LogP contribution in [0.25, 0.3) is 0 Å². The van der Waals surface area contributed by atoms with E-state index in [0.29, 0.717) is 6.10 Å². The van der Waals surface area contributed by atoms with E-state index in [2.05, 4.69) is 32.9 Å². The molecule has 0 aliphatic heterocycles. The molecule has 18 heavy (non-hydrogen) atoms. The molecule has 0 aromatic heterocycles. The lowest BCUT2D eigenvalue weighted by molar-refractivity contribution is -0.0108. The molecule has 1 rings (SSSR count). The van der Waals surface area contributed by atoms with Crippen LogP contribution in [0.5, 0.6) is 5.75 Å². The zero-order valence-corrected chi connectivity index (χ0v) is 12.1. The lowest BCUT2D eigenvalue weighted by atomic mass is 10.0. The molecule has 0 saturated carbocycles. The quantitative estimate of drug-likeness (QED) is 0.663. The standard InChI is InChI=1S/C16H26O2/c1-5-7-8-16(18-13(3)6-2)14-9-11-15(17-4)12-10-14/h9-13,16H,5-8H2,1-4H3. The maximum atomic E-state index is 6.12. The van der Waals surface area contributed by atoms with Crippen LogP contribution >= 0.6 is 0 Å². The molecule has 0 fully saturated rings. The predicted octanol–water partition coefficient (Wildman–Crippen LogP) is 4.74. The van der Waals surface area contributed by atoms with Crippen molar-refractivity contribution in [2.24, 2.45) is 0 Å². The maximum absolute atomic E-state index is 6.12. The zero-order valence-electron chi connectivity index (χ0n) is 12.1. The first-order valence-electron chi connectivity index (χ1n) is 7.00. The molecule has 2 nitrogen and oxygen atoms in total. The lowest BCUT2D eigenvalue weighted by Gasteiger charge is -2.22. The maximum Gasteiger partial charge on any atom is 0.118 e. The van der Waals surface area contributed by atoms with Gasteiger partial charge >= 0.3 is 0 Å². The Morgan fingerprint density at radius 3 is 2.28 bits per heavy atom. The number of benzene rings is 1. The van der Waals surface area contributed by atoms with Crippen LogP contribution in [0, 0.1) is 0 Å². The van der Waals surface area contributed by atoms with E-state index in [1.807, 2.05) is 12.1 Å². The molecule has 0 N–H and O–H groups in total. The molecule has 0 heterocycles. The molecular weight excluding hydrogens is 224 g/mol. The average molecular weight is 250 g/mol. The number of unbranched alkanes of at least 4 members (excludes halogenated alkanes) is 1. The van der Waals surface area contributed by atoms with Gasteiger partial charge in [-0.05, 0) is 37.5 Å². The van der Waals surface area contributed by atoms with Crippen LogP contribution in [-0.2, 0) is 4.74 Å². The van der Waals surface area contributed by atoms with E-state index in [1.165, 1.54) is 18.4 Å². The van der Waals surface area contributed by atoms with Crippen molar-refractivity contribution in [3.05, 3.63) is 29.8 Å². The molecule has 1 aromatic carbocycles. The molecule has 1 aromatic rings. The van der Waals surface area contributed by atoms with E-state index < -0.39 is 0 Å². The van der Waals surface area contributed by atoms with Gasteiger partial charge in [-0.3, -0.25) is 0 Å². The van der Waals surface area contributed by atoms with E-state index in [1.54, 1.807) is 7.11 Å². The third kappa shape index (κ3) is 4.69. The van der Waals surface area contributed by atoms with Crippen molar-refractivity contribution in [1.82, 2.24) is 0 Å². The second-order valence-corrected chi connectivity index (χ2v) is 4.76. The Bertz CT molecular complexity index is 318. The number of ether oxygens (including phenoxy) is 2. The first-order chi connectivity index (χ1) is 8.71. The largest absolute Gasteiger partial charge is 0.497 e. The van der Waals surface area contributed by atoms with Crippen molar-refractivity contribution in [3.63, 3.8) is 0 Å². The second-order valence-electron chi connectivity index (χ2n) is 4.76. The highest BCUT2D eigenvalue weighted by molar-refractivity contribution is 5.28. The van der Waals surface area contributed by atoms with Gasteiger partial charge in [0, 0.05) is 0 Å². The fourth-order valence-corrected chi connectivity index (χ4v) is 1.90. The van der Waals surface area contributed by atoms with Crippen LogP contribution in [0.3, 0.4) is 0 Å². The first kappa shape index (κ1) is 15.0. The van der Waals surface area contributed by atoms with Crippen LogP contribution in [0.15, 0.2) is 24.3 Å². The molecule has 2 atom stereocenters. The summed E-state index contributed by atoms with van der Waals surface area (Å²) in [6, 6.07) is 8.24. The second kappa shape index (κ2) is 8.15. The zero-order chi connectivity index (χ0) is 13.4. The predicted molar refractivity (Wildman–Crippen MR) is 76.1 cm³/mol. The molecule has 0 spiro atoms. The molecule has 102 valence electrons. The summed E-state index contributed by atoms with van der Waals surface area (Å²) in [4.78, 5) is 0. The SMILES string of the molecule is CCCCC(OC(C)CC)c1ccc(OC)cc1. The molecule has 0 saturated heterocycles. The van der Waals surface area contributed by atoms with Gasteiger partial charge in [0.25, 0.3) is 0 Å². The molecular formula is C16H26O2. The van der Waals surface area contributed by atoms with Crippen LogP contribution in [0.1, 0.15) is 58.1 Å². The topological polar surface area (TPSA) is 18.5 Å². The molecule has 0 radical (unpaired) electrons. The molecule has 0 amide bonds. The van der Waals surface area contributed by atoms with Crippen molar-refractivity contribution < 1.29 is 9.47 Å². The van der Waals surface area contributed by atoms with Gasteiger partial charge in [0.15, 0.2) is 0 Å². The van der Waals surface area contributed by atoms with E-state index in [0.717, 1.165) is 18.6 Å². The van der Waals surface area contributed by atoms with Gasteiger partial charge in [0.1, 0.15) is 5.75 Å². The summed E-state index contributed by atoms with van der Waals surface area (Å²) in [5.74, 6) is 0.900. The van der Waals surface area contributed by atoms with Gasteiger partial charge in [-0.15, -0.1) is 0 Å². The minimum Gasteiger partial charge on any atom is -0.497 e. The minimum atomic E-state index is 0.214. The van der Waals surface area contributed by atoms with E-state index in [9.17, 15) is 0 Å². The monoisotopic (exact) mass is 250 g/mol. The highest BCUT2D eigenvalue weighted by atomic mass is 16.5. The summed E-state index contributed by atoms with van der Waals surface area (Å²) in [6.07, 6.45) is 5.08. The van der Waals surface area contributed by atoms with E-state index in [-0.39, 0.29) is 6.10 Å². The lowest BCUT2D eigenvalue weighted by Crippen LogP contribution is -2.13. The van der Waals surface area contributed by atoms with Crippen molar-refractivity contribution in [1.29, 1.82) is 0 Å². The molecule has 0 aliphatic rings. The minimum absolute atomic E-state index is 0.214. The van der Waals surface area contributed by atoms with Gasteiger partial charge < -0.3 is 9.47 Å². The number of hydrogen-bond acceptors (Lipinski definition) is 2. The summed E-state index contributed by atoms with van der Waals surface area (Å²) in [5, 5.41) is 0. The Kier molecular flexibility index (Phi) is 6.81. The number of methoxy groups -OCH3 is 1. The Morgan fingerprint density at radius 2 is 1.78 bits per heavy atom. The highest BCUT2D eigenvalue weighted by Crippen LogP contribution is 2.27. The Balaban J connectivity index is 2.72. The van der Waals surface area contributed by atoms with E-state index in [4.69, 9.17) is 9.47 Å². The van der Waals surface area contributed by atoms with Crippen molar-refractivity contribution in [2.45, 2.75) is 58.7 Å². The molecule has 2 unspecified atom stereocenters. The molecule has 2 heteroatoms. The highest BCUT2D eigenvalue weighted by Gasteiger charge is 2.14. The van der Waals surface area contributed by atoms with Crippen LogP contribution in [-0.4, -0.2) is 13.2 Å². The van der Waals surface area contributed by atoms with E-state index >= 15 is 0 Å². The van der Waals surface area contributed by atoms with Crippen LogP contribution < -0.4 is 4.74 Å². The summed E-state index contributed by atoms with van der Waals surface area (Å²) in [7, 11) is 1.69. The normalized spacial score (nSPS) is 14.2. The Labute approximate surface area is 111 Å². The van der Waals surface area contributed by atoms with Crippen LogP contribution in [0.2, 0.25) is 0 Å². The van der Waals surface area contributed by atoms with Crippen molar-refractivity contribution in [2.75, 3.05) is 7.11 Å².